The lowest BCUT2D eigenvalue weighted by Crippen LogP contribution is -2.18. The number of rotatable bonds is 8. The summed E-state index contributed by atoms with van der Waals surface area (Å²) in [5.74, 6) is 0.461. The van der Waals surface area contributed by atoms with Crippen molar-refractivity contribution >= 4 is 35.0 Å². The van der Waals surface area contributed by atoms with E-state index in [-0.39, 0.29) is 16.5 Å². The molecule has 1 heterocycles. The number of nitrogens with one attached hydrogen (secondary N) is 1. The summed E-state index contributed by atoms with van der Waals surface area (Å²) in [5, 5.41) is 10.9. The Hall–Kier alpha value is -2.98. The lowest BCUT2D eigenvalue weighted by Gasteiger charge is -2.14. The van der Waals surface area contributed by atoms with Crippen molar-refractivity contribution in [1.82, 2.24) is 14.8 Å². The van der Waals surface area contributed by atoms with Crippen LogP contribution in [0.3, 0.4) is 0 Å². The Balaban J connectivity index is 1.75. The van der Waals surface area contributed by atoms with Crippen LogP contribution in [-0.4, -0.2) is 33.5 Å². The van der Waals surface area contributed by atoms with E-state index in [1.165, 1.54) is 6.07 Å². The molecule has 2 aromatic carbocycles. The van der Waals surface area contributed by atoms with Gasteiger partial charge in [0.05, 0.1) is 24.1 Å². The standard InChI is InChI=1S/C21H18ClF3N4O2S/c1-3-10-29-19(13-4-7-15(31-2)8-5-13)27-28-20(29)32-12-18(30)26-17-9-6-14(22)11-16(17)21(23,24)25/h3-9,11H,1,10,12H2,2H3,(H,26,30). The van der Waals surface area contributed by atoms with Gasteiger partial charge in [0.15, 0.2) is 11.0 Å². The molecule has 1 amide bonds. The molecule has 0 fully saturated rings. The van der Waals surface area contributed by atoms with Crippen LogP contribution in [0.5, 0.6) is 5.75 Å². The summed E-state index contributed by atoms with van der Waals surface area (Å²) in [6.45, 7) is 4.11. The van der Waals surface area contributed by atoms with Crippen molar-refractivity contribution in [3.8, 4) is 17.1 Å². The third kappa shape index (κ3) is 5.63. The fourth-order valence-corrected chi connectivity index (χ4v) is 3.74. The van der Waals surface area contributed by atoms with Crippen LogP contribution in [-0.2, 0) is 17.5 Å². The number of alkyl halides is 3. The number of nitrogens with zero attached hydrogens (tertiary/aromatic N) is 3. The van der Waals surface area contributed by atoms with E-state index >= 15 is 0 Å². The number of carbonyl (C=O) groups is 1. The van der Waals surface area contributed by atoms with Crippen LogP contribution in [0.1, 0.15) is 5.56 Å². The average Bonchev–Trinajstić information content (AvgIpc) is 3.15. The number of hydrogen-bond acceptors (Lipinski definition) is 5. The molecule has 168 valence electrons. The topological polar surface area (TPSA) is 69.0 Å². The van der Waals surface area contributed by atoms with E-state index in [0.717, 1.165) is 29.5 Å². The highest BCUT2D eigenvalue weighted by Gasteiger charge is 2.34. The Kier molecular flexibility index (Phi) is 7.47. The third-order valence-electron chi connectivity index (χ3n) is 4.27. The monoisotopic (exact) mass is 482 g/mol. The first-order chi connectivity index (χ1) is 15.2. The van der Waals surface area contributed by atoms with E-state index < -0.39 is 17.6 Å². The quantitative estimate of drug-likeness (QED) is 0.337. The molecule has 0 aliphatic rings. The van der Waals surface area contributed by atoms with E-state index in [9.17, 15) is 18.0 Å². The molecule has 0 saturated carbocycles. The molecule has 11 heteroatoms. The summed E-state index contributed by atoms with van der Waals surface area (Å²) in [6.07, 6.45) is -3.00. The highest BCUT2D eigenvalue weighted by molar-refractivity contribution is 7.99. The lowest BCUT2D eigenvalue weighted by atomic mass is 10.1. The number of carbonyl (C=O) groups excluding carboxylic acids is 1. The highest BCUT2D eigenvalue weighted by atomic mass is 35.5. The fourth-order valence-electron chi connectivity index (χ4n) is 2.82. The number of methoxy groups -OCH3 is 1. The maximum absolute atomic E-state index is 13.2. The van der Waals surface area contributed by atoms with Gasteiger partial charge in [-0.25, -0.2) is 0 Å². The van der Waals surface area contributed by atoms with Gasteiger partial charge in [-0.3, -0.25) is 9.36 Å². The van der Waals surface area contributed by atoms with Crippen LogP contribution in [0.2, 0.25) is 5.02 Å². The molecule has 0 atom stereocenters. The van der Waals surface area contributed by atoms with Crippen molar-refractivity contribution in [2.24, 2.45) is 0 Å². The molecule has 3 aromatic rings. The SMILES string of the molecule is C=CCn1c(SCC(=O)Nc2ccc(Cl)cc2C(F)(F)F)nnc1-c1ccc(OC)cc1. The van der Waals surface area contributed by atoms with Gasteiger partial charge in [-0.2, -0.15) is 13.2 Å². The number of anilines is 1. The maximum Gasteiger partial charge on any atom is 0.418 e. The van der Waals surface area contributed by atoms with Gasteiger partial charge in [-0.1, -0.05) is 29.4 Å². The molecule has 0 spiro atoms. The second-order valence-corrected chi connectivity index (χ2v) is 7.84. The number of allylic oxidation sites excluding steroid dienone is 1. The van der Waals surface area contributed by atoms with Gasteiger partial charge >= 0.3 is 6.18 Å². The summed E-state index contributed by atoms with van der Waals surface area (Å²) in [6, 6.07) is 10.4. The predicted octanol–water partition coefficient (Wildman–Crippen LogP) is 5.54. The minimum Gasteiger partial charge on any atom is -0.497 e. The zero-order valence-electron chi connectivity index (χ0n) is 16.8. The number of aromatic nitrogens is 3. The predicted molar refractivity (Wildman–Crippen MR) is 118 cm³/mol. The summed E-state index contributed by atoms with van der Waals surface area (Å²) in [4.78, 5) is 12.3. The van der Waals surface area contributed by atoms with Crippen LogP contribution in [0.4, 0.5) is 18.9 Å². The average molecular weight is 483 g/mol. The number of halogens is 4. The van der Waals surface area contributed by atoms with Gasteiger partial charge < -0.3 is 10.1 Å². The first kappa shape index (κ1) is 23.7. The number of ether oxygens (including phenoxy) is 1. The van der Waals surface area contributed by atoms with Gasteiger partial charge in [0.2, 0.25) is 5.91 Å². The normalized spacial score (nSPS) is 11.3. The summed E-state index contributed by atoms with van der Waals surface area (Å²) >= 11 is 6.72. The van der Waals surface area contributed by atoms with E-state index in [2.05, 4.69) is 22.1 Å². The van der Waals surface area contributed by atoms with E-state index in [1.807, 2.05) is 12.1 Å². The van der Waals surface area contributed by atoms with E-state index in [0.29, 0.717) is 23.3 Å². The fraction of sp³-hybridized carbons (Fsp3) is 0.190. The van der Waals surface area contributed by atoms with Crippen molar-refractivity contribution in [3.63, 3.8) is 0 Å². The maximum atomic E-state index is 13.2. The Bertz CT molecular complexity index is 1120. The largest absolute Gasteiger partial charge is 0.497 e. The minimum atomic E-state index is -4.65. The smallest absolute Gasteiger partial charge is 0.418 e. The van der Waals surface area contributed by atoms with Gasteiger partial charge in [-0.05, 0) is 42.5 Å². The van der Waals surface area contributed by atoms with Crippen LogP contribution in [0, 0.1) is 0 Å². The van der Waals surface area contributed by atoms with Crippen molar-refractivity contribution in [3.05, 3.63) is 65.7 Å². The zero-order valence-corrected chi connectivity index (χ0v) is 18.4. The Morgan fingerprint density at radius 2 is 1.97 bits per heavy atom. The Labute approximate surface area is 191 Å². The van der Waals surface area contributed by atoms with Gasteiger partial charge in [0.25, 0.3) is 0 Å². The van der Waals surface area contributed by atoms with Gasteiger partial charge in [0, 0.05) is 17.1 Å². The number of benzene rings is 2. The Morgan fingerprint density at radius 1 is 1.25 bits per heavy atom. The molecule has 3 rings (SSSR count). The van der Waals surface area contributed by atoms with Crippen molar-refractivity contribution in [2.45, 2.75) is 17.9 Å². The lowest BCUT2D eigenvalue weighted by molar-refractivity contribution is -0.137. The molecule has 0 aliphatic heterocycles. The zero-order chi connectivity index (χ0) is 23.3. The van der Waals surface area contributed by atoms with Crippen LogP contribution >= 0.6 is 23.4 Å². The van der Waals surface area contributed by atoms with Crippen molar-refractivity contribution in [2.75, 3.05) is 18.2 Å². The second kappa shape index (κ2) is 10.1. The van der Waals surface area contributed by atoms with Gasteiger partial charge in [0.1, 0.15) is 5.75 Å². The summed E-state index contributed by atoms with van der Waals surface area (Å²) in [7, 11) is 1.57. The minimum absolute atomic E-state index is 0.0757. The highest BCUT2D eigenvalue weighted by Crippen LogP contribution is 2.36. The Morgan fingerprint density at radius 3 is 2.59 bits per heavy atom. The summed E-state index contributed by atoms with van der Waals surface area (Å²) < 4.78 is 46.6. The first-order valence-electron chi connectivity index (χ1n) is 9.21. The molecular formula is C21H18ClF3N4O2S. The van der Waals surface area contributed by atoms with Crippen LogP contribution < -0.4 is 10.1 Å². The number of amides is 1. The van der Waals surface area contributed by atoms with Crippen molar-refractivity contribution in [1.29, 1.82) is 0 Å². The van der Waals surface area contributed by atoms with Crippen LogP contribution in [0.15, 0.2) is 60.3 Å². The molecule has 0 aliphatic carbocycles. The van der Waals surface area contributed by atoms with Crippen molar-refractivity contribution < 1.29 is 22.7 Å². The number of thioether (sulfide) groups is 1. The molecular weight excluding hydrogens is 465 g/mol. The molecule has 32 heavy (non-hydrogen) atoms. The molecule has 1 aromatic heterocycles. The second-order valence-electron chi connectivity index (χ2n) is 6.46. The first-order valence-corrected chi connectivity index (χ1v) is 10.6. The molecule has 0 saturated heterocycles. The third-order valence-corrected chi connectivity index (χ3v) is 5.47. The molecule has 6 nitrogen and oxygen atoms in total. The molecule has 1 N–H and O–H groups in total. The van der Waals surface area contributed by atoms with Gasteiger partial charge in [-0.15, -0.1) is 16.8 Å². The molecule has 0 bridgehead atoms. The summed E-state index contributed by atoms with van der Waals surface area (Å²) in [5.41, 5.74) is -0.591. The van der Waals surface area contributed by atoms with Crippen LogP contribution in [0.25, 0.3) is 11.4 Å². The number of hydrogen-bond donors (Lipinski definition) is 1. The molecule has 0 radical (unpaired) electrons. The van der Waals surface area contributed by atoms with E-state index in [4.69, 9.17) is 16.3 Å². The van der Waals surface area contributed by atoms with E-state index in [1.54, 1.807) is 29.9 Å². The molecule has 0 unspecified atom stereocenters.